The number of halogens is 1. The number of rotatable bonds is 2. The number of amides is 2. The summed E-state index contributed by atoms with van der Waals surface area (Å²) in [6.45, 7) is 0. The number of nitro benzene ring substituents is 1. The van der Waals surface area contributed by atoms with Gasteiger partial charge in [-0.25, -0.2) is 4.90 Å². The van der Waals surface area contributed by atoms with Gasteiger partial charge in [-0.1, -0.05) is 28.1 Å². The molecule has 3 aliphatic carbocycles. The van der Waals surface area contributed by atoms with Gasteiger partial charge in [0.05, 0.1) is 16.8 Å². The highest BCUT2D eigenvalue weighted by atomic mass is 79.9. The second-order valence-electron chi connectivity index (χ2n) is 6.24. The third-order valence-electron chi connectivity index (χ3n) is 5.13. The van der Waals surface area contributed by atoms with Crippen LogP contribution in [0.4, 0.5) is 11.4 Å². The fourth-order valence-electron chi connectivity index (χ4n) is 4.14. The van der Waals surface area contributed by atoms with Gasteiger partial charge in [0.2, 0.25) is 11.8 Å². The van der Waals surface area contributed by atoms with E-state index < -0.39 is 4.92 Å². The van der Waals surface area contributed by atoms with E-state index in [1.165, 1.54) is 12.1 Å². The van der Waals surface area contributed by atoms with Crippen molar-refractivity contribution in [2.75, 3.05) is 4.90 Å². The zero-order chi connectivity index (χ0) is 16.3. The molecule has 0 spiro atoms. The van der Waals surface area contributed by atoms with Gasteiger partial charge in [-0.15, -0.1) is 0 Å². The highest BCUT2D eigenvalue weighted by Gasteiger charge is 2.57. The lowest BCUT2D eigenvalue weighted by Gasteiger charge is -2.38. The summed E-state index contributed by atoms with van der Waals surface area (Å²) in [4.78, 5) is 37.5. The van der Waals surface area contributed by atoms with Crippen LogP contribution in [0.25, 0.3) is 0 Å². The van der Waals surface area contributed by atoms with E-state index in [1.807, 2.05) is 12.2 Å². The Labute approximate surface area is 140 Å². The average molecular weight is 377 g/mol. The minimum absolute atomic E-state index is 0.0703. The molecule has 5 rings (SSSR count). The molecule has 1 aromatic carbocycles. The summed E-state index contributed by atoms with van der Waals surface area (Å²) in [7, 11) is 0. The Kier molecular flexibility index (Phi) is 3.16. The third kappa shape index (κ3) is 1.99. The number of hydrogen-bond donors (Lipinski definition) is 0. The molecule has 2 bridgehead atoms. The van der Waals surface area contributed by atoms with Crippen LogP contribution in [0.3, 0.4) is 0 Å². The van der Waals surface area contributed by atoms with Gasteiger partial charge in [0.25, 0.3) is 5.69 Å². The third-order valence-corrected chi connectivity index (χ3v) is 5.63. The van der Waals surface area contributed by atoms with E-state index >= 15 is 0 Å². The van der Waals surface area contributed by atoms with Crippen LogP contribution in [-0.2, 0) is 9.59 Å². The monoisotopic (exact) mass is 376 g/mol. The number of allylic oxidation sites excluding steroid dienone is 2. The molecule has 1 heterocycles. The molecule has 6 nitrogen and oxygen atoms in total. The van der Waals surface area contributed by atoms with Crippen molar-refractivity contribution in [1.29, 1.82) is 0 Å². The second-order valence-corrected chi connectivity index (χ2v) is 7.16. The maximum Gasteiger partial charge on any atom is 0.294 e. The van der Waals surface area contributed by atoms with Gasteiger partial charge in [-0.05, 0) is 36.8 Å². The molecule has 7 heteroatoms. The minimum atomic E-state index is -0.560. The van der Waals surface area contributed by atoms with Crippen LogP contribution in [0.5, 0.6) is 0 Å². The number of benzene rings is 1. The van der Waals surface area contributed by atoms with Crippen molar-refractivity contribution < 1.29 is 14.5 Å². The topological polar surface area (TPSA) is 80.5 Å². The molecular weight excluding hydrogens is 364 g/mol. The first-order valence-corrected chi connectivity index (χ1v) is 8.28. The van der Waals surface area contributed by atoms with Gasteiger partial charge in [-0.2, -0.15) is 0 Å². The molecular formula is C16H13BrN2O4. The van der Waals surface area contributed by atoms with Gasteiger partial charge in [0, 0.05) is 10.5 Å². The summed E-state index contributed by atoms with van der Waals surface area (Å²) < 4.78 is 0.534. The van der Waals surface area contributed by atoms with Crippen LogP contribution in [0.15, 0.2) is 34.8 Å². The molecule has 2 amide bonds. The number of imide groups is 1. The molecule has 1 saturated carbocycles. The van der Waals surface area contributed by atoms with Gasteiger partial charge < -0.3 is 0 Å². The van der Waals surface area contributed by atoms with Crippen LogP contribution in [0, 0.1) is 33.8 Å². The predicted molar refractivity (Wildman–Crippen MR) is 85.6 cm³/mol. The highest BCUT2D eigenvalue weighted by Crippen LogP contribution is 2.51. The first-order chi connectivity index (χ1) is 11.0. The molecule has 4 aliphatic rings. The Bertz CT molecular complexity index is 743. The molecule has 23 heavy (non-hydrogen) atoms. The van der Waals surface area contributed by atoms with E-state index in [0.717, 1.165) is 17.7 Å². The summed E-state index contributed by atoms with van der Waals surface area (Å²) in [5.74, 6) is -1.19. The summed E-state index contributed by atoms with van der Waals surface area (Å²) in [6.07, 6.45) is 5.86. The van der Waals surface area contributed by atoms with Gasteiger partial charge in [0.1, 0.15) is 5.69 Å². The van der Waals surface area contributed by atoms with E-state index in [-0.39, 0.29) is 46.9 Å². The number of carbonyl (C=O) groups excluding carboxylic acids is 2. The predicted octanol–water partition coefficient (Wildman–Crippen LogP) is 3.06. The molecule has 2 fully saturated rings. The van der Waals surface area contributed by atoms with Crippen molar-refractivity contribution in [3.05, 3.63) is 44.9 Å². The quantitative estimate of drug-likeness (QED) is 0.343. The molecule has 1 aliphatic heterocycles. The fourth-order valence-corrected chi connectivity index (χ4v) is 4.49. The van der Waals surface area contributed by atoms with Crippen molar-refractivity contribution in [1.82, 2.24) is 0 Å². The smallest absolute Gasteiger partial charge is 0.274 e. The van der Waals surface area contributed by atoms with E-state index in [2.05, 4.69) is 15.9 Å². The van der Waals surface area contributed by atoms with E-state index in [1.54, 1.807) is 6.07 Å². The Balaban J connectivity index is 1.81. The van der Waals surface area contributed by atoms with E-state index in [4.69, 9.17) is 0 Å². The van der Waals surface area contributed by atoms with Gasteiger partial charge in [0.15, 0.2) is 0 Å². The summed E-state index contributed by atoms with van der Waals surface area (Å²) >= 11 is 3.19. The first-order valence-electron chi connectivity index (χ1n) is 7.49. The SMILES string of the molecule is O=C1[C@@H]2[C@H](C(=O)N1c1ccc(Br)cc1[N+](=O)[O-])[C@@H]1C=C[C@H]2CC1. The first kappa shape index (κ1) is 14.6. The summed E-state index contributed by atoms with van der Waals surface area (Å²) in [5, 5.41) is 11.3. The second kappa shape index (κ2) is 4.99. The molecule has 0 N–H and O–H groups in total. The Hall–Kier alpha value is -2.02. The molecule has 0 aromatic heterocycles. The lowest BCUT2D eigenvalue weighted by molar-refractivity contribution is -0.384. The standard InChI is InChI=1S/C16H13BrN2O4/c17-10-5-6-11(12(7-10)19(22)23)18-15(20)13-8-1-2-9(4-3-8)14(13)16(18)21/h1-2,5-9,13-14H,3-4H2/t8-,9+,13-,14+. The number of nitro groups is 1. The lowest BCUT2D eigenvalue weighted by atomic mass is 9.63. The Morgan fingerprint density at radius 3 is 2.13 bits per heavy atom. The average Bonchev–Trinajstić information content (AvgIpc) is 2.82. The van der Waals surface area contributed by atoms with Crippen molar-refractivity contribution in [2.45, 2.75) is 12.8 Å². The highest BCUT2D eigenvalue weighted by molar-refractivity contribution is 9.10. The van der Waals surface area contributed by atoms with Crippen molar-refractivity contribution in [2.24, 2.45) is 23.7 Å². The zero-order valence-corrected chi connectivity index (χ0v) is 13.6. The lowest BCUT2D eigenvalue weighted by Crippen LogP contribution is -2.38. The van der Waals surface area contributed by atoms with Gasteiger partial charge >= 0.3 is 0 Å². The van der Waals surface area contributed by atoms with E-state index in [0.29, 0.717) is 4.47 Å². The maximum atomic E-state index is 12.8. The van der Waals surface area contributed by atoms with Crippen LogP contribution in [-0.4, -0.2) is 16.7 Å². The van der Waals surface area contributed by atoms with Crippen LogP contribution in [0.2, 0.25) is 0 Å². The largest absolute Gasteiger partial charge is 0.294 e. The maximum absolute atomic E-state index is 12.8. The molecule has 0 unspecified atom stereocenters. The molecule has 0 radical (unpaired) electrons. The molecule has 118 valence electrons. The molecule has 4 atom stereocenters. The van der Waals surface area contributed by atoms with Crippen LogP contribution < -0.4 is 4.90 Å². The minimum Gasteiger partial charge on any atom is -0.274 e. The molecule has 1 aromatic rings. The Morgan fingerprint density at radius 2 is 1.65 bits per heavy atom. The van der Waals surface area contributed by atoms with Crippen LogP contribution >= 0.6 is 15.9 Å². The number of anilines is 1. The normalized spacial score (nSPS) is 31.6. The summed E-state index contributed by atoms with van der Waals surface area (Å²) in [5.41, 5.74) is -0.165. The number of carbonyl (C=O) groups is 2. The van der Waals surface area contributed by atoms with Crippen molar-refractivity contribution >= 4 is 39.1 Å². The zero-order valence-electron chi connectivity index (χ0n) is 12.0. The number of nitrogens with zero attached hydrogens (tertiary/aromatic N) is 2. The number of hydrogen-bond acceptors (Lipinski definition) is 4. The van der Waals surface area contributed by atoms with Crippen molar-refractivity contribution in [3.63, 3.8) is 0 Å². The molecule has 1 saturated heterocycles. The number of fused-ring (bicyclic) bond motifs is 1. The summed E-state index contributed by atoms with van der Waals surface area (Å²) in [6, 6.07) is 4.40. The Morgan fingerprint density at radius 1 is 1.09 bits per heavy atom. The van der Waals surface area contributed by atoms with E-state index in [9.17, 15) is 19.7 Å². The van der Waals surface area contributed by atoms with Gasteiger partial charge in [-0.3, -0.25) is 19.7 Å². The van der Waals surface area contributed by atoms with Crippen molar-refractivity contribution in [3.8, 4) is 0 Å². The van der Waals surface area contributed by atoms with Crippen LogP contribution in [0.1, 0.15) is 12.8 Å². The fraction of sp³-hybridized carbons (Fsp3) is 0.375.